The van der Waals surface area contributed by atoms with Gasteiger partial charge in [-0.15, -0.1) is 0 Å². The van der Waals surface area contributed by atoms with Gasteiger partial charge in [-0.1, -0.05) is 0 Å². The van der Waals surface area contributed by atoms with Crippen LogP contribution in [0.1, 0.15) is 0 Å². The zero-order valence-corrected chi connectivity index (χ0v) is 18.3. The maximum atomic E-state index is 8.42. The van der Waals surface area contributed by atoms with Crippen LogP contribution in [-0.2, 0) is 3.10 Å². The molecule has 0 bridgehead atoms. The molecule has 11 heteroatoms. The van der Waals surface area contributed by atoms with E-state index in [4.69, 9.17) is 76.2 Å². The summed E-state index contributed by atoms with van der Waals surface area (Å²) in [4.78, 5) is 0. The first-order chi connectivity index (χ1) is 7.56. The van der Waals surface area contributed by atoms with Crippen molar-refractivity contribution in [2.24, 2.45) is 0 Å². The first-order valence-electron chi connectivity index (χ1n) is 4.19. The van der Waals surface area contributed by atoms with Crippen molar-refractivity contribution in [1.29, 1.82) is 0 Å². The summed E-state index contributed by atoms with van der Waals surface area (Å²) in [6.45, 7) is 0.414. The summed E-state index contributed by atoms with van der Waals surface area (Å²) < 4.78 is 6.10. The van der Waals surface area contributed by atoms with Gasteiger partial charge in [-0.2, -0.15) is 0 Å². The van der Waals surface area contributed by atoms with Crippen molar-refractivity contribution < 1.29 is 8.21 Å². The topological polar surface area (TPSA) is 29.5 Å². The van der Waals surface area contributed by atoms with Gasteiger partial charge in [0.1, 0.15) is 0 Å². The van der Waals surface area contributed by atoms with Crippen LogP contribution in [0.3, 0.4) is 0 Å². The third kappa shape index (κ3) is 12.9. The van der Waals surface area contributed by atoms with E-state index in [-0.39, 0.29) is 12.0 Å². The predicted molar refractivity (Wildman–Crippen MR) is 82.7 cm³/mol. The van der Waals surface area contributed by atoms with Gasteiger partial charge in [-0.25, -0.2) is 0 Å². The molecule has 0 aromatic heterocycles. The minimum absolute atomic E-state index is 0.0613. The first kappa shape index (κ1) is 20.5. The molecule has 1 aliphatic heterocycles. The van der Waals surface area contributed by atoms with Gasteiger partial charge in [-0.3, -0.25) is 0 Å². The van der Waals surface area contributed by atoms with Gasteiger partial charge in [0.2, 0.25) is 0 Å². The molecule has 2 nitrogen and oxygen atoms in total. The summed E-state index contributed by atoms with van der Waals surface area (Å²) in [5.74, 6) is 0. The molecule has 0 amide bonds. The maximum absolute atomic E-state index is 8.42. The predicted octanol–water partition coefficient (Wildman–Crippen LogP) is 4.28. The van der Waals surface area contributed by atoms with Gasteiger partial charge in [0.05, 0.1) is 0 Å². The Morgan fingerprint density at radius 1 is 1.35 bits per heavy atom. The monoisotopic (exact) mass is 620 g/mol. The summed E-state index contributed by atoms with van der Waals surface area (Å²) in [5.41, 5.74) is 0. The van der Waals surface area contributed by atoms with Crippen molar-refractivity contribution in [2.45, 2.75) is 19.7 Å². The Balaban J connectivity index is 0.000000302. The second kappa shape index (κ2) is 9.53. The molecule has 0 saturated carbocycles. The molecule has 2 atom stereocenters. The van der Waals surface area contributed by atoms with Crippen LogP contribution in [0.5, 0.6) is 0 Å². The fourth-order valence-corrected chi connectivity index (χ4v) is 15.7. The second-order valence-electron chi connectivity index (χ2n) is 3.02. The van der Waals surface area contributed by atoms with E-state index >= 15 is 0 Å². The molecule has 0 spiro atoms. The Morgan fingerprint density at radius 3 is 2.00 bits per heavy atom. The van der Waals surface area contributed by atoms with Crippen molar-refractivity contribution >= 4 is 99.2 Å². The van der Waals surface area contributed by atoms with Gasteiger partial charge < -0.3 is 0 Å². The van der Waals surface area contributed by atoms with Crippen LogP contribution in [0.25, 0.3) is 0 Å². The summed E-state index contributed by atoms with van der Waals surface area (Å²) in [6, 6.07) is 0. The third-order valence-corrected chi connectivity index (χ3v) is 14.4. The molecule has 1 heterocycles. The number of alkyl halides is 2. The number of aliphatic hydroxyl groups is 1. The van der Waals surface area contributed by atoms with E-state index < -0.39 is 36.5 Å². The van der Waals surface area contributed by atoms with E-state index in [1.807, 2.05) is 0 Å². The quantitative estimate of drug-likeness (QED) is 0.378. The second-order valence-corrected chi connectivity index (χ2v) is 34.2. The average Bonchev–Trinajstić information content (AvgIpc) is 2.42. The Labute approximate surface area is 138 Å². The Morgan fingerprint density at radius 2 is 1.88 bits per heavy atom. The molecule has 1 saturated heterocycles. The molecule has 108 valence electrons. The molecule has 17 heavy (non-hydrogen) atoms. The normalized spacial score (nSPS) is 27.9. The van der Waals surface area contributed by atoms with Crippen molar-refractivity contribution in [3.8, 4) is 0 Å². The third-order valence-electron chi connectivity index (χ3n) is 1.36. The van der Waals surface area contributed by atoms with Crippen molar-refractivity contribution in [1.82, 2.24) is 0 Å². The molecule has 0 radical (unpaired) electrons. The van der Waals surface area contributed by atoms with E-state index in [0.717, 1.165) is 0 Å². The van der Waals surface area contributed by atoms with E-state index in [9.17, 15) is 0 Å². The fraction of sp³-hybridized carbons (Fsp3) is 1.00. The first-order valence-corrected chi connectivity index (χ1v) is 24.1. The van der Waals surface area contributed by atoms with E-state index in [1.165, 1.54) is 0 Å². The van der Waals surface area contributed by atoms with E-state index in [2.05, 4.69) is 0 Å². The number of rotatable bonds is 3. The van der Waals surface area contributed by atoms with Crippen LogP contribution in [0.15, 0.2) is 0 Å². The summed E-state index contributed by atoms with van der Waals surface area (Å²) >= 11 is 5.30. The number of hydrogen-bond acceptors (Lipinski definition) is 2. The zero-order chi connectivity index (χ0) is 13.7. The van der Waals surface area contributed by atoms with Crippen LogP contribution in [0, 0.1) is 0 Å². The molecule has 1 rings (SSSR count). The minimum atomic E-state index is -3.08. The van der Waals surface area contributed by atoms with Crippen LogP contribution < -0.4 is 0 Å². The average molecular weight is 619 g/mol. The van der Waals surface area contributed by atoms with Crippen molar-refractivity contribution in [3.05, 3.63) is 0 Å². The summed E-state index contributed by atoms with van der Waals surface area (Å²) in [7, 11) is 28.0. The molecule has 0 aliphatic carbocycles. The van der Waals surface area contributed by atoms with Crippen molar-refractivity contribution in [2.75, 3.05) is 13.2 Å². The molecule has 1 aliphatic rings. The molecule has 1 fully saturated rings. The summed E-state index contributed by atoms with van der Waals surface area (Å²) in [6.07, 6.45) is 0. The van der Waals surface area contributed by atoms with Crippen molar-refractivity contribution in [3.63, 3.8) is 0 Å². The molecule has 1 N–H and O–H groups in total. The Bertz CT molecular complexity index is 225. The van der Waals surface area contributed by atoms with Gasteiger partial charge in [0.25, 0.3) is 0 Å². The fourth-order valence-electron chi connectivity index (χ4n) is 0.738. The number of aliphatic hydroxyl groups excluding tert-OH is 1. The van der Waals surface area contributed by atoms with Gasteiger partial charge in [-0.05, 0) is 0 Å². The molecule has 0 aromatic carbocycles. The molecule has 0 aromatic rings. The molecule has 2 unspecified atom stereocenters. The number of halogens is 7. The SMILES string of the molecule is ClC1CO[Te](Cl)(Cl)C1.OCC(Cl)C[Te](Cl)(Cl)Cl. The van der Waals surface area contributed by atoms with Crippen LogP contribution in [0.2, 0.25) is 8.94 Å². The van der Waals surface area contributed by atoms with E-state index in [1.54, 1.807) is 0 Å². The standard InChI is InChI=1S/C3H6Cl4OTe.C3H5Cl3OTe/c4-3(1-8)2-9(5,6)7;4-3-1-7-8(5,6)2-3/h3,8H,1-2H2;3H,1-2H2. The zero-order valence-electron chi connectivity index (χ0n) is 8.30. The number of hydrogen-bond donors (Lipinski definition) is 1. The Hall–Kier alpha value is 3.53. The van der Waals surface area contributed by atoms with Gasteiger partial charge in [0.15, 0.2) is 0 Å². The Kier molecular flexibility index (Phi) is 11.5. The molecular weight excluding hydrogens is 607 g/mol. The van der Waals surface area contributed by atoms with Gasteiger partial charge >= 0.3 is 140 Å². The van der Waals surface area contributed by atoms with E-state index in [0.29, 0.717) is 15.5 Å². The van der Waals surface area contributed by atoms with Gasteiger partial charge in [0, 0.05) is 0 Å². The molecular formula is C6H11Cl7O2Te2. The van der Waals surface area contributed by atoms with Crippen LogP contribution in [-0.4, -0.2) is 60.2 Å². The van der Waals surface area contributed by atoms with Crippen LogP contribution >= 0.6 is 68.0 Å². The van der Waals surface area contributed by atoms with Crippen LogP contribution in [0.4, 0.5) is 0 Å². The summed E-state index contributed by atoms with van der Waals surface area (Å²) in [5, 5.41) is 8.09.